The molecule has 0 aliphatic rings. The summed E-state index contributed by atoms with van der Waals surface area (Å²) in [5, 5.41) is 3.03. The van der Waals surface area contributed by atoms with E-state index < -0.39 is 0 Å². The van der Waals surface area contributed by atoms with E-state index in [4.69, 9.17) is 23.2 Å². The zero-order chi connectivity index (χ0) is 13.0. The zero-order valence-electron chi connectivity index (χ0n) is 10.1. The van der Waals surface area contributed by atoms with Gasteiger partial charge in [0.15, 0.2) is 0 Å². The van der Waals surface area contributed by atoms with Crippen LogP contribution in [0.15, 0.2) is 29.6 Å². The van der Waals surface area contributed by atoms with E-state index in [1.165, 1.54) is 4.88 Å². The second-order valence-corrected chi connectivity index (χ2v) is 5.93. The Bertz CT molecular complexity index is 500. The van der Waals surface area contributed by atoms with Gasteiger partial charge in [-0.1, -0.05) is 35.3 Å². The Morgan fingerprint density at radius 2 is 2.11 bits per heavy atom. The second kappa shape index (κ2) is 6.53. The number of pyridine rings is 1. The molecule has 0 aliphatic heterocycles. The molecule has 0 fully saturated rings. The maximum absolute atomic E-state index is 6.05. The summed E-state index contributed by atoms with van der Waals surface area (Å²) in [5.74, 6) is 0. The van der Waals surface area contributed by atoms with E-state index in [0.717, 1.165) is 25.1 Å². The molecule has 0 amide bonds. The predicted molar refractivity (Wildman–Crippen MR) is 78.6 cm³/mol. The summed E-state index contributed by atoms with van der Waals surface area (Å²) in [6, 6.07) is 7.95. The minimum absolute atomic E-state index is 0.435. The average molecular weight is 301 g/mol. The Balaban J connectivity index is 1.88. The molecule has 5 heteroatoms. The predicted octanol–water partition coefficient (Wildman–Crippen LogP) is 4.12. The van der Waals surface area contributed by atoms with Gasteiger partial charge in [0.05, 0.1) is 0 Å². The zero-order valence-corrected chi connectivity index (χ0v) is 12.4. The van der Waals surface area contributed by atoms with E-state index in [1.54, 1.807) is 17.4 Å². The SMILES string of the molecule is CN(CCc1cccs1)Cc1ccc(Cl)nc1Cl. The van der Waals surface area contributed by atoms with Crippen molar-refractivity contribution in [2.45, 2.75) is 13.0 Å². The number of hydrogen-bond acceptors (Lipinski definition) is 3. The van der Waals surface area contributed by atoms with Crippen LogP contribution >= 0.6 is 34.5 Å². The Labute approximate surface area is 121 Å². The summed E-state index contributed by atoms with van der Waals surface area (Å²) in [7, 11) is 2.08. The van der Waals surface area contributed by atoms with Gasteiger partial charge >= 0.3 is 0 Å². The Kier molecular flexibility index (Phi) is 5.01. The van der Waals surface area contributed by atoms with E-state index in [-0.39, 0.29) is 0 Å². The van der Waals surface area contributed by atoms with Gasteiger partial charge in [-0.25, -0.2) is 4.98 Å². The van der Waals surface area contributed by atoms with Crippen LogP contribution in [0.2, 0.25) is 10.3 Å². The first-order valence-corrected chi connectivity index (χ1v) is 7.30. The summed E-state index contributed by atoms with van der Waals surface area (Å²) < 4.78 is 0. The molecule has 0 unspecified atom stereocenters. The number of nitrogens with zero attached hydrogens (tertiary/aromatic N) is 2. The molecule has 0 radical (unpaired) electrons. The molecular formula is C13H14Cl2N2S. The fourth-order valence-electron chi connectivity index (χ4n) is 1.68. The molecule has 0 atom stereocenters. The summed E-state index contributed by atoms with van der Waals surface area (Å²) in [6.07, 6.45) is 1.06. The van der Waals surface area contributed by atoms with Crippen LogP contribution in [0.1, 0.15) is 10.4 Å². The molecule has 2 heterocycles. The molecule has 0 N–H and O–H groups in total. The highest BCUT2D eigenvalue weighted by Gasteiger charge is 2.06. The first kappa shape index (κ1) is 13.8. The topological polar surface area (TPSA) is 16.1 Å². The van der Waals surface area contributed by atoms with Crippen molar-refractivity contribution in [1.82, 2.24) is 9.88 Å². The molecule has 0 saturated heterocycles. The second-order valence-electron chi connectivity index (χ2n) is 4.15. The third-order valence-corrected chi connectivity index (χ3v) is 4.13. The van der Waals surface area contributed by atoms with Crippen LogP contribution in [-0.2, 0) is 13.0 Å². The molecule has 2 aromatic rings. The van der Waals surface area contributed by atoms with Gasteiger partial charge < -0.3 is 4.90 Å². The lowest BCUT2D eigenvalue weighted by atomic mass is 10.2. The van der Waals surface area contributed by atoms with Gasteiger partial charge in [-0.3, -0.25) is 0 Å². The summed E-state index contributed by atoms with van der Waals surface area (Å²) >= 11 is 13.6. The van der Waals surface area contributed by atoms with Gasteiger partial charge in [-0.15, -0.1) is 11.3 Å². The third-order valence-electron chi connectivity index (χ3n) is 2.65. The van der Waals surface area contributed by atoms with Gasteiger partial charge in [0.25, 0.3) is 0 Å². The standard InChI is InChI=1S/C13H14Cl2N2S/c1-17(7-6-11-3-2-8-18-11)9-10-4-5-12(14)16-13(10)15/h2-5,8H,6-7,9H2,1H3. The molecule has 0 aliphatic carbocycles. The lowest BCUT2D eigenvalue weighted by Crippen LogP contribution is -2.20. The molecule has 0 saturated carbocycles. The molecule has 96 valence electrons. The largest absolute Gasteiger partial charge is 0.302 e. The summed E-state index contributed by atoms with van der Waals surface area (Å²) in [4.78, 5) is 7.68. The Morgan fingerprint density at radius 3 is 2.78 bits per heavy atom. The number of thiophene rings is 1. The molecule has 0 aromatic carbocycles. The Hall–Kier alpha value is -0.610. The third kappa shape index (κ3) is 3.95. The van der Waals surface area contributed by atoms with Crippen molar-refractivity contribution in [1.29, 1.82) is 0 Å². The highest BCUT2D eigenvalue weighted by Crippen LogP contribution is 2.18. The number of halogens is 2. The average Bonchev–Trinajstić information content (AvgIpc) is 2.83. The van der Waals surface area contributed by atoms with Crippen molar-refractivity contribution in [3.05, 3.63) is 50.4 Å². The van der Waals surface area contributed by atoms with Crippen LogP contribution < -0.4 is 0 Å². The van der Waals surface area contributed by atoms with Gasteiger partial charge in [0.1, 0.15) is 10.3 Å². The highest BCUT2D eigenvalue weighted by atomic mass is 35.5. The fraction of sp³-hybridized carbons (Fsp3) is 0.308. The van der Waals surface area contributed by atoms with Crippen LogP contribution in [0.5, 0.6) is 0 Å². The van der Waals surface area contributed by atoms with Crippen LogP contribution in [0.4, 0.5) is 0 Å². The minimum Gasteiger partial charge on any atom is -0.302 e. The smallest absolute Gasteiger partial charge is 0.135 e. The molecule has 0 bridgehead atoms. The summed E-state index contributed by atoms with van der Waals surface area (Å²) in [6.45, 7) is 1.79. The lowest BCUT2D eigenvalue weighted by Gasteiger charge is -2.16. The van der Waals surface area contributed by atoms with Crippen molar-refractivity contribution in [3.63, 3.8) is 0 Å². The van der Waals surface area contributed by atoms with E-state index >= 15 is 0 Å². The van der Waals surface area contributed by atoms with Crippen LogP contribution in [0.3, 0.4) is 0 Å². The molecule has 2 aromatic heterocycles. The fourth-order valence-corrected chi connectivity index (χ4v) is 2.79. The molecule has 2 rings (SSSR count). The Morgan fingerprint density at radius 1 is 1.28 bits per heavy atom. The van der Waals surface area contributed by atoms with Crippen molar-refractivity contribution >= 4 is 34.5 Å². The van der Waals surface area contributed by atoms with Crippen LogP contribution in [0, 0.1) is 0 Å². The number of hydrogen-bond donors (Lipinski definition) is 0. The van der Waals surface area contributed by atoms with E-state index in [0.29, 0.717) is 10.3 Å². The van der Waals surface area contributed by atoms with Crippen molar-refractivity contribution in [2.75, 3.05) is 13.6 Å². The van der Waals surface area contributed by atoms with Gasteiger partial charge in [-0.05, 0) is 31.0 Å². The molecule has 18 heavy (non-hydrogen) atoms. The van der Waals surface area contributed by atoms with Crippen molar-refractivity contribution in [2.24, 2.45) is 0 Å². The number of rotatable bonds is 5. The van der Waals surface area contributed by atoms with Crippen molar-refractivity contribution in [3.8, 4) is 0 Å². The van der Waals surface area contributed by atoms with Crippen molar-refractivity contribution < 1.29 is 0 Å². The lowest BCUT2D eigenvalue weighted by molar-refractivity contribution is 0.331. The molecule has 2 nitrogen and oxygen atoms in total. The minimum atomic E-state index is 0.435. The van der Waals surface area contributed by atoms with Crippen LogP contribution in [-0.4, -0.2) is 23.5 Å². The van der Waals surface area contributed by atoms with Gasteiger partial charge in [0, 0.05) is 23.5 Å². The first-order valence-electron chi connectivity index (χ1n) is 5.67. The van der Waals surface area contributed by atoms with Gasteiger partial charge in [-0.2, -0.15) is 0 Å². The normalized spacial score (nSPS) is 11.1. The highest BCUT2D eigenvalue weighted by molar-refractivity contribution is 7.09. The van der Waals surface area contributed by atoms with E-state index in [9.17, 15) is 0 Å². The number of aromatic nitrogens is 1. The maximum atomic E-state index is 6.05. The monoisotopic (exact) mass is 300 g/mol. The van der Waals surface area contributed by atoms with E-state index in [2.05, 4.69) is 34.4 Å². The summed E-state index contributed by atoms with van der Waals surface area (Å²) in [5.41, 5.74) is 1.01. The maximum Gasteiger partial charge on any atom is 0.135 e. The van der Waals surface area contributed by atoms with Crippen LogP contribution in [0.25, 0.3) is 0 Å². The molecule has 0 spiro atoms. The quantitative estimate of drug-likeness (QED) is 0.772. The number of likely N-dealkylation sites (N-methyl/N-ethyl adjacent to an activating group) is 1. The molecular weight excluding hydrogens is 287 g/mol. The van der Waals surface area contributed by atoms with E-state index in [1.807, 2.05) is 6.07 Å². The first-order chi connectivity index (χ1) is 8.65. The van der Waals surface area contributed by atoms with Gasteiger partial charge in [0.2, 0.25) is 0 Å².